The predicted octanol–water partition coefficient (Wildman–Crippen LogP) is 2.04. The summed E-state index contributed by atoms with van der Waals surface area (Å²) in [5.74, 6) is -1.16. The molecule has 2 amide bonds. The van der Waals surface area contributed by atoms with Gasteiger partial charge in [-0.2, -0.15) is 0 Å². The lowest BCUT2D eigenvalue weighted by Gasteiger charge is -2.14. The number of benzene rings is 2. The molecule has 26 heavy (non-hydrogen) atoms. The highest BCUT2D eigenvalue weighted by Gasteiger charge is 2.18. The number of hydrogen-bond donors (Lipinski definition) is 2. The molecule has 0 heterocycles. The van der Waals surface area contributed by atoms with Crippen LogP contribution in [0.1, 0.15) is 22.8 Å². The minimum atomic E-state index is -1.00. The second-order valence-electron chi connectivity index (χ2n) is 5.67. The van der Waals surface area contributed by atoms with Crippen molar-refractivity contribution in [3.63, 3.8) is 0 Å². The average Bonchev–Trinajstić information content (AvgIpc) is 2.60. The number of anilines is 1. The third-order valence-electron chi connectivity index (χ3n) is 3.46. The van der Waals surface area contributed by atoms with Gasteiger partial charge in [0.15, 0.2) is 12.7 Å². The van der Waals surface area contributed by atoms with E-state index >= 15 is 0 Å². The number of aryl methyl sites for hydroxylation is 1. The first-order valence-corrected chi connectivity index (χ1v) is 7.95. The van der Waals surface area contributed by atoms with Gasteiger partial charge in [-0.15, -0.1) is 0 Å². The minimum Gasteiger partial charge on any atom is -0.482 e. The van der Waals surface area contributed by atoms with Gasteiger partial charge in [0, 0.05) is 11.3 Å². The first-order chi connectivity index (χ1) is 12.3. The number of nitrogens with one attached hydrogen (secondary N) is 1. The summed E-state index contributed by atoms with van der Waals surface area (Å²) in [6, 6.07) is 13.3. The molecule has 0 radical (unpaired) electrons. The molecule has 0 aliphatic carbocycles. The second kappa shape index (κ2) is 8.66. The van der Waals surface area contributed by atoms with Crippen LogP contribution in [0.15, 0.2) is 48.5 Å². The van der Waals surface area contributed by atoms with Gasteiger partial charge in [0.05, 0.1) is 0 Å². The molecule has 3 N–H and O–H groups in total. The summed E-state index contributed by atoms with van der Waals surface area (Å²) in [5, 5.41) is 2.59. The number of carbonyl (C=O) groups is 3. The van der Waals surface area contributed by atoms with Crippen LogP contribution < -0.4 is 15.8 Å². The Hall–Kier alpha value is -3.35. The molecule has 7 heteroatoms. The Morgan fingerprint density at radius 3 is 2.42 bits per heavy atom. The molecule has 0 aromatic heterocycles. The van der Waals surface area contributed by atoms with Crippen LogP contribution in [0.5, 0.6) is 5.75 Å². The fourth-order valence-corrected chi connectivity index (χ4v) is 2.09. The lowest BCUT2D eigenvalue weighted by atomic mass is 10.2. The maximum Gasteiger partial charge on any atom is 0.344 e. The summed E-state index contributed by atoms with van der Waals surface area (Å²) in [7, 11) is 0. The Balaban J connectivity index is 1.82. The van der Waals surface area contributed by atoms with Gasteiger partial charge in [0.25, 0.3) is 5.91 Å². The summed E-state index contributed by atoms with van der Waals surface area (Å²) in [6.07, 6.45) is -1.00. The van der Waals surface area contributed by atoms with Crippen LogP contribution in [0, 0.1) is 6.92 Å². The van der Waals surface area contributed by atoms with Gasteiger partial charge in [-0.3, -0.25) is 9.59 Å². The third-order valence-corrected chi connectivity index (χ3v) is 3.46. The molecule has 0 fully saturated rings. The lowest BCUT2D eigenvalue weighted by molar-refractivity contribution is -0.155. The Kier molecular flexibility index (Phi) is 6.32. The Labute approximate surface area is 151 Å². The highest BCUT2D eigenvalue weighted by atomic mass is 16.6. The van der Waals surface area contributed by atoms with E-state index in [0.29, 0.717) is 17.0 Å². The summed E-state index contributed by atoms with van der Waals surface area (Å²) < 4.78 is 10.4. The average molecular weight is 356 g/mol. The number of amides is 2. The summed E-state index contributed by atoms with van der Waals surface area (Å²) in [5.41, 5.74) is 6.94. The largest absolute Gasteiger partial charge is 0.482 e. The standard InChI is InChI=1S/C19H20N2O5/c1-12-4-3-5-16(10-12)25-11-17(22)26-13(2)19(24)21-15-8-6-14(7-9-15)18(20)23/h3-10,13H,11H2,1-2H3,(H2,20,23)(H,21,24)/t13-/m1/s1. The normalized spacial score (nSPS) is 11.3. The van der Waals surface area contributed by atoms with Crippen LogP contribution in [0.3, 0.4) is 0 Å². The Morgan fingerprint density at radius 2 is 1.81 bits per heavy atom. The van der Waals surface area contributed by atoms with Crippen molar-refractivity contribution in [1.82, 2.24) is 0 Å². The molecule has 2 aromatic carbocycles. The van der Waals surface area contributed by atoms with Crippen LogP contribution in [-0.4, -0.2) is 30.5 Å². The van der Waals surface area contributed by atoms with E-state index in [9.17, 15) is 14.4 Å². The van der Waals surface area contributed by atoms with E-state index in [2.05, 4.69) is 5.32 Å². The molecule has 0 bridgehead atoms. The molecule has 2 aromatic rings. The van der Waals surface area contributed by atoms with Crippen LogP contribution in [-0.2, 0) is 14.3 Å². The molecule has 0 spiro atoms. The van der Waals surface area contributed by atoms with Crippen molar-refractivity contribution in [3.05, 3.63) is 59.7 Å². The van der Waals surface area contributed by atoms with Crippen molar-refractivity contribution >= 4 is 23.5 Å². The Morgan fingerprint density at radius 1 is 1.12 bits per heavy atom. The molecule has 0 aliphatic rings. The molecular formula is C19H20N2O5. The van der Waals surface area contributed by atoms with Crippen molar-refractivity contribution in [2.75, 3.05) is 11.9 Å². The van der Waals surface area contributed by atoms with Gasteiger partial charge < -0.3 is 20.5 Å². The highest BCUT2D eigenvalue weighted by molar-refractivity contribution is 5.96. The molecule has 0 aliphatic heterocycles. The first-order valence-electron chi connectivity index (χ1n) is 7.95. The topological polar surface area (TPSA) is 108 Å². The molecule has 0 unspecified atom stereocenters. The van der Waals surface area contributed by atoms with Crippen LogP contribution >= 0.6 is 0 Å². The zero-order chi connectivity index (χ0) is 19.1. The van der Waals surface area contributed by atoms with Crippen LogP contribution in [0.4, 0.5) is 5.69 Å². The molecule has 1 atom stereocenters. The number of hydrogen-bond acceptors (Lipinski definition) is 5. The van der Waals surface area contributed by atoms with Crippen molar-refractivity contribution in [1.29, 1.82) is 0 Å². The van der Waals surface area contributed by atoms with Gasteiger partial charge in [-0.1, -0.05) is 12.1 Å². The molecule has 7 nitrogen and oxygen atoms in total. The zero-order valence-electron chi connectivity index (χ0n) is 14.5. The highest BCUT2D eigenvalue weighted by Crippen LogP contribution is 2.13. The number of primary amides is 1. The smallest absolute Gasteiger partial charge is 0.344 e. The number of nitrogens with two attached hydrogens (primary N) is 1. The summed E-state index contributed by atoms with van der Waals surface area (Å²) >= 11 is 0. The van der Waals surface area contributed by atoms with E-state index in [4.69, 9.17) is 15.2 Å². The Bertz CT molecular complexity index is 802. The fraction of sp³-hybridized carbons (Fsp3) is 0.211. The monoisotopic (exact) mass is 356 g/mol. The summed E-state index contributed by atoms with van der Waals surface area (Å²) in [6.45, 7) is 3.07. The maximum atomic E-state index is 12.1. The van der Waals surface area contributed by atoms with Gasteiger partial charge in [-0.25, -0.2) is 4.79 Å². The van der Waals surface area contributed by atoms with Gasteiger partial charge in [-0.05, 0) is 55.8 Å². The van der Waals surface area contributed by atoms with Gasteiger partial charge in [0.1, 0.15) is 5.75 Å². The lowest BCUT2D eigenvalue weighted by Crippen LogP contribution is -2.31. The first kappa shape index (κ1) is 19.0. The third kappa shape index (κ3) is 5.62. The van der Waals surface area contributed by atoms with Crippen molar-refractivity contribution in [2.45, 2.75) is 20.0 Å². The van der Waals surface area contributed by atoms with E-state index in [1.165, 1.54) is 31.2 Å². The van der Waals surface area contributed by atoms with Gasteiger partial charge >= 0.3 is 5.97 Å². The predicted molar refractivity (Wildman–Crippen MR) is 95.8 cm³/mol. The van der Waals surface area contributed by atoms with Crippen molar-refractivity contribution in [3.8, 4) is 5.75 Å². The quantitative estimate of drug-likeness (QED) is 0.738. The SMILES string of the molecule is Cc1cccc(OCC(=O)O[C@H](C)C(=O)Nc2ccc(C(N)=O)cc2)c1. The zero-order valence-corrected chi connectivity index (χ0v) is 14.5. The number of ether oxygens (including phenoxy) is 2. The molecule has 136 valence electrons. The maximum absolute atomic E-state index is 12.1. The molecular weight excluding hydrogens is 336 g/mol. The summed E-state index contributed by atoms with van der Waals surface area (Å²) in [4.78, 5) is 34.9. The van der Waals surface area contributed by atoms with E-state index in [-0.39, 0.29) is 6.61 Å². The van der Waals surface area contributed by atoms with Crippen molar-refractivity contribution in [2.24, 2.45) is 5.73 Å². The molecule has 0 saturated carbocycles. The van der Waals surface area contributed by atoms with E-state index in [0.717, 1.165) is 5.56 Å². The van der Waals surface area contributed by atoms with Crippen LogP contribution in [0.2, 0.25) is 0 Å². The fourth-order valence-electron chi connectivity index (χ4n) is 2.09. The minimum absolute atomic E-state index is 0.297. The molecule has 2 rings (SSSR count). The number of esters is 1. The second-order valence-corrected chi connectivity index (χ2v) is 5.67. The van der Waals surface area contributed by atoms with E-state index in [1.54, 1.807) is 12.1 Å². The van der Waals surface area contributed by atoms with E-state index < -0.39 is 23.9 Å². The number of rotatable bonds is 7. The van der Waals surface area contributed by atoms with Crippen LogP contribution in [0.25, 0.3) is 0 Å². The number of carbonyl (C=O) groups excluding carboxylic acids is 3. The molecule has 0 saturated heterocycles. The van der Waals surface area contributed by atoms with E-state index in [1.807, 2.05) is 19.1 Å². The van der Waals surface area contributed by atoms with Crippen molar-refractivity contribution < 1.29 is 23.9 Å². The van der Waals surface area contributed by atoms with Gasteiger partial charge in [0.2, 0.25) is 5.91 Å².